The Balaban J connectivity index is 1.74. The van der Waals surface area contributed by atoms with Crippen molar-refractivity contribution in [3.05, 3.63) is 64.4 Å². The van der Waals surface area contributed by atoms with Crippen LogP contribution in [-0.2, 0) is 13.1 Å². The average molecular weight is 414 g/mol. The summed E-state index contributed by atoms with van der Waals surface area (Å²) in [5.41, 5.74) is 2.76. The number of amides is 1. The molecule has 0 aliphatic rings. The number of imidazole rings is 1. The predicted molar refractivity (Wildman–Crippen MR) is 109 cm³/mol. The van der Waals surface area contributed by atoms with E-state index < -0.39 is 0 Å². The minimum absolute atomic E-state index is 0.0871. The zero-order chi connectivity index (χ0) is 18.4. The lowest BCUT2D eigenvalue weighted by molar-refractivity contribution is 0.0949. The van der Waals surface area contributed by atoms with Gasteiger partial charge in [0, 0.05) is 16.6 Å². The number of nitrogens with one attached hydrogen (secondary N) is 1. The predicted octanol–water partition coefficient (Wildman–Crippen LogP) is 5.31. The van der Waals surface area contributed by atoms with Gasteiger partial charge in [-0.2, -0.15) is 0 Å². The van der Waals surface area contributed by atoms with Gasteiger partial charge < -0.3 is 9.88 Å². The van der Waals surface area contributed by atoms with E-state index in [-0.39, 0.29) is 5.91 Å². The highest BCUT2D eigenvalue weighted by atomic mass is 79.9. The molecule has 0 saturated heterocycles. The first-order chi connectivity index (χ1) is 12.7. The Bertz CT molecular complexity index is 888. The first-order valence-corrected chi connectivity index (χ1v) is 9.96. The quantitative estimate of drug-likeness (QED) is 0.508. The second-order valence-electron chi connectivity index (χ2n) is 6.42. The number of benzene rings is 2. The lowest BCUT2D eigenvalue weighted by atomic mass is 10.2. The molecule has 0 saturated carbocycles. The highest BCUT2D eigenvalue weighted by molar-refractivity contribution is 9.10. The maximum atomic E-state index is 12.4. The molecule has 1 heterocycles. The van der Waals surface area contributed by atoms with Crippen LogP contribution in [-0.4, -0.2) is 15.5 Å². The van der Waals surface area contributed by atoms with Gasteiger partial charge in [0.25, 0.3) is 5.91 Å². The Morgan fingerprint density at radius 1 is 1.12 bits per heavy atom. The van der Waals surface area contributed by atoms with E-state index in [1.165, 1.54) is 19.3 Å². The molecule has 0 radical (unpaired) electrons. The summed E-state index contributed by atoms with van der Waals surface area (Å²) >= 11 is 3.41. The van der Waals surface area contributed by atoms with Crippen LogP contribution in [0.2, 0.25) is 0 Å². The Kier molecular flexibility index (Phi) is 6.45. The number of halogens is 1. The summed E-state index contributed by atoms with van der Waals surface area (Å²) in [6.45, 7) is 3.58. The highest BCUT2D eigenvalue weighted by Crippen LogP contribution is 2.18. The molecule has 5 heteroatoms. The van der Waals surface area contributed by atoms with Crippen molar-refractivity contribution in [1.29, 1.82) is 0 Å². The maximum Gasteiger partial charge on any atom is 0.251 e. The van der Waals surface area contributed by atoms with E-state index in [4.69, 9.17) is 4.98 Å². The second kappa shape index (κ2) is 8.99. The van der Waals surface area contributed by atoms with Crippen molar-refractivity contribution in [2.24, 2.45) is 0 Å². The normalized spacial score (nSPS) is 11.0. The van der Waals surface area contributed by atoms with Gasteiger partial charge in [0.1, 0.15) is 5.82 Å². The third-order valence-electron chi connectivity index (χ3n) is 4.46. The van der Waals surface area contributed by atoms with Crippen LogP contribution in [0.1, 0.15) is 48.8 Å². The topological polar surface area (TPSA) is 46.9 Å². The van der Waals surface area contributed by atoms with Gasteiger partial charge >= 0.3 is 0 Å². The number of hydrogen-bond acceptors (Lipinski definition) is 2. The molecule has 136 valence electrons. The van der Waals surface area contributed by atoms with Gasteiger partial charge in [0.05, 0.1) is 17.6 Å². The van der Waals surface area contributed by atoms with Crippen LogP contribution in [0.4, 0.5) is 0 Å². The molecule has 26 heavy (non-hydrogen) atoms. The number of fused-ring (bicyclic) bond motifs is 1. The van der Waals surface area contributed by atoms with Crippen molar-refractivity contribution < 1.29 is 4.79 Å². The molecule has 0 atom stereocenters. The third-order valence-corrected chi connectivity index (χ3v) is 4.96. The molecule has 0 bridgehead atoms. The fourth-order valence-electron chi connectivity index (χ4n) is 3.10. The van der Waals surface area contributed by atoms with Gasteiger partial charge in [-0.3, -0.25) is 4.79 Å². The Hall–Kier alpha value is -2.14. The zero-order valence-electron chi connectivity index (χ0n) is 15.0. The van der Waals surface area contributed by atoms with E-state index in [1.807, 2.05) is 42.5 Å². The number of aryl methyl sites for hydroxylation is 1. The summed E-state index contributed by atoms with van der Waals surface area (Å²) < 4.78 is 3.14. The molecular formula is C21H24BrN3O. The van der Waals surface area contributed by atoms with Gasteiger partial charge in [-0.1, -0.05) is 60.3 Å². The number of aromatic nitrogens is 2. The van der Waals surface area contributed by atoms with Gasteiger partial charge in [-0.05, 0) is 36.8 Å². The molecule has 1 N–H and O–H groups in total. The summed E-state index contributed by atoms with van der Waals surface area (Å²) in [6.07, 6.45) is 4.81. The summed E-state index contributed by atoms with van der Waals surface area (Å²) in [7, 11) is 0. The van der Waals surface area contributed by atoms with E-state index in [9.17, 15) is 4.79 Å². The van der Waals surface area contributed by atoms with Crippen molar-refractivity contribution in [2.45, 2.75) is 45.7 Å². The number of carbonyl (C=O) groups excluding carboxylic acids is 1. The van der Waals surface area contributed by atoms with Gasteiger partial charge in [0.2, 0.25) is 0 Å². The van der Waals surface area contributed by atoms with Crippen molar-refractivity contribution in [3.63, 3.8) is 0 Å². The zero-order valence-corrected chi connectivity index (χ0v) is 16.6. The number of hydrogen-bond donors (Lipinski definition) is 1. The number of unbranched alkanes of at least 4 members (excludes halogenated alkanes) is 3. The van der Waals surface area contributed by atoms with Crippen LogP contribution in [0.15, 0.2) is 53.0 Å². The largest absolute Gasteiger partial charge is 0.345 e. The van der Waals surface area contributed by atoms with E-state index in [1.54, 1.807) is 0 Å². The Labute approximate surface area is 162 Å². The Morgan fingerprint density at radius 3 is 2.77 bits per heavy atom. The van der Waals surface area contributed by atoms with Crippen molar-refractivity contribution in [3.8, 4) is 0 Å². The van der Waals surface area contributed by atoms with Gasteiger partial charge in [0.15, 0.2) is 0 Å². The summed E-state index contributed by atoms with van der Waals surface area (Å²) in [5.74, 6) is 0.821. The van der Waals surface area contributed by atoms with E-state index in [2.05, 4.69) is 38.8 Å². The summed E-state index contributed by atoms with van der Waals surface area (Å²) in [6, 6.07) is 15.6. The first-order valence-electron chi connectivity index (χ1n) is 9.17. The number of rotatable bonds is 8. The van der Waals surface area contributed by atoms with Crippen LogP contribution in [0, 0.1) is 0 Å². The smallest absolute Gasteiger partial charge is 0.251 e. The molecule has 0 unspecified atom stereocenters. The molecule has 1 aromatic heterocycles. The van der Waals surface area contributed by atoms with Crippen LogP contribution < -0.4 is 5.32 Å². The molecule has 4 nitrogen and oxygen atoms in total. The maximum absolute atomic E-state index is 12.4. The monoisotopic (exact) mass is 413 g/mol. The van der Waals surface area contributed by atoms with Crippen molar-refractivity contribution in [1.82, 2.24) is 14.9 Å². The fraction of sp³-hybridized carbons (Fsp3) is 0.333. The van der Waals surface area contributed by atoms with Gasteiger partial charge in [-0.15, -0.1) is 0 Å². The molecule has 2 aromatic carbocycles. The fourth-order valence-corrected chi connectivity index (χ4v) is 3.50. The molecule has 0 fully saturated rings. The minimum atomic E-state index is -0.0871. The standard InChI is InChI=1S/C21H24BrN3O/c1-2-3-4-7-13-25-19-12-6-5-11-18(19)24-20(25)15-23-21(26)16-9-8-10-17(22)14-16/h5-6,8-12,14H,2-4,7,13,15H2,1H3,(H,23,26). The molecule has 0 spiro atoms. The molecular weight excluding hydrogens is 390 g/mol. The molecule has 0 aliphatic carbocycles. The second-order valence-corrected chi connectivity index (χ2v) is 7.34. The van der Waals surface area contributed by atoms with E-state index in [0.29, 0.717) is 12.1 Å². The highest BCUT2D eigenvalue weighted by Gasteiger charge is 2.12. The van der Waals surface area contributed by atoms with E-state index >= 15 is 0 Å². The number of carbonyl (C=O) groups is 1. The van der Waals surface area contributed by atoms with Crippen LogP contribution in [0.5, 0.6) is 0 Å². The molecule has 3 aromatic rings. The lowest BCUT2D eigenvalue weighted by Gasteiger charge is -2.10. The van der Waals surface area contributed by atoms with E-state index in [0.717, 1.165) is 34.3 Å². The van der Waals surface area contributed by atoms with Crippen LogP contribution >= 0.6 is 15.9 Å². The van der Waals surface area contributed by atoms with Gasteiger partial charge in [-0.25, -0.2) is 4.98 Å². The minimum Gasteiger partial charge on any atom is -0.345 e. The number of nitrogens with zero attached hydrogens (tertiary/aromatic N) is 2. The average Bonchev–Trinajstić information content (AvgIpc) is 3.01. The Morgan fingerprint density at radius 2 is 1.96 bits per heavy atom. The lowest BCUT2D eigenvalue weighted by Crippen LogP contribution is -2.24. The number of para-hydroxylation sites is 2. The first kappa shape index (κ1) is 18.6. The third kappa shape index (κ3) is 4.52. The SMILES string of the molecule is CCCCCCn1c(CNC(=O)c2cccc(Br)c2)nc2ccccc21. The van der Waals surface area contributed by atoms with Crippen molar-refractivity contribution in [2.75, 3.05) is 0 Å². The summed E-state index contributed by atoms with van der Waals surface area (Å²) in [5, 5.41) is 3.00. The molecule has 1 amide bonds. The molecule has 0 aliphatic heterocycles. The van der Waals surface area contributed by atoms with Crippen LogP contribution in [0.25, 0.3) is 11.0 Å². The van der Waals surface area contributed by atoms with Crippen LogP contribution in [0.3, 0.4) is 0 Å². The van der Waals surface area contributed by atoms with Crippen molar-refractivity contribution >= 4 is 32.9 Å². The summed E-state index contributed by atoms with van der Waals surface area (Å²) in [4.78, 5) is 17.2. The molecule has 3 rings (SSSR count).